The van der Waals surface area contributed by atoms with Crippen LogP contribution in [-0.4, -0.2) is 45.9 Å². The summed E-state index contributed by atoms with van der Waals surface area (Å²) in [6, 6.07) is 23.0. The maximum Gasteiger partial charge on any atom is 0.238 e. The third kappa shape index (κ3) is 5.38. The van der Waals surface area contributed by atoms with Gasteiger partial charge in [-0.05, 0) is 67.8 Å². The molecule has 4 aromatic rings. The van der Waals surface area contributed by atoms with Crippen LogP contribution in [0.5, 0.6) is 5.75 Å². The Balaban J connectivity index is 1.59. The molecule has 0 bridgehead atoms. The summed E-state index contributed by atoms with van der Waals surface area (Å²) >= 11 is 5.77. The van der Waals surface area contributed by atoms with Gasteiger partial charge in [0.25, 0.3) is 0 Å². The molecule has 1 N–H and O–H groups in total. The number of nitrogens with one attached hydrogen (secondary N) is 1. The number of carbonyl (C=O) groups is 1. The monoisotopic (exact) mass is 477 g/mol. The van der Waals surface area contributed by atoms with Crippen molar-refractivity contribution in [3.05, 3.63) is 89.5 Å². The van der Waals surface area contributed by atoms with Gasteiger partial charge in [0.1, 0.15) is 11.6 Å². The largest absolute Gasteiger partial charge is 0.497 e. The zero-order valence-electron chi connectivity index (χ0n) is 18.8. The number of para-hydroxylation sites is 1. The summed E-state index contributed by atoms with van der Waals surface area (Å²) in [4.78, 5) is 14.2. The van der Waals surface area contributed by atoms with Gasteiger partial charge in [-0.15, -0.1) is 5.10 Å². The Morgan fingerprint density at radius 3 is 2.53 bits per heavy atom. The number of nitrogens with zero attached hydrogens (tertiary/aromatic N) is 4. The molecule has 174 valence electrons. The number of rotatable bonds is 8. The minimum Gasteiger partial charge on any atom is -0.497 e. The van der Waals surface area contributed by atoms with Crippen molar-refractivity contribution < 1.29 is 13.9 Å². The van der Waals surface area contributed by atoms with E-state index in [1.165, 1.54) is 24.3 Å². The summed E-state index contributed by atoms with van der Waals surface area (Å²) in [5.74, 6) is 0.799. The van der Waals surface area contributed by atoms with Crippen molar-refractivity contribution >= 4 is 23.8 Å². The van der Waals surface area contributed by atoms with Gasteiger partial charge >= 0.3 is 0 Å². The Labute approximate surface area is 202 Å². The van der Waals surface area contributed by atoms with Crippen LogP contribution in [0, 0.1) is 10.6 Å². The lowest BCUT2D eigenvalue weighted by Crippen LogP contribution is -2.32. The number of likely N-dealkylation sites (N-methyl/N-ethyl adjacent to an activating group) is 1. The van der Waals surface area contributed by atoms with Gasteiger partial charge < -0.3 is 10.1 Å². The zero-order chi connectivity index (χ0) is 24.1. The molecule has 0 aliphatic heterocycles. The molecule has 1 amide bonds. The lowest BCUT2D eigenvalue weighted by molar-refractivity contribution is -0.117. The fourth-order valence-corrected chi connectivity index (χ4v) is 3.81. The van der Waals surface area contributed by atoms with Crippen molar-refractivity contribution in [3.8, 4) is 22.8 Å². The standard InChI is InChI=1S/C25H24FN5O2S/c1-29(16-23(32)27-20-13-11-19(26)12-14-20)17-30-25(34)31(21-8-4-3-5-9-21)24(28-30)18-7-6-10-22(15-18)33-2/h3-15H,16-17H2,1-2H3,(H,27,32). The molecule has 0 radical (unpaired) electrons. The normalized spacial score (nSPS) is 10.9. The Hall–Kier alpha value is -3.82. The Morgan fingerprint density at radius 1 is 1.09 bits per heavy atom. The summed E-state index contributed by atoms with van der Waals surface area (Å²) in [5, 5.41) is 7.54. The number of carbonyl (C=O) groups excluding carboxylic acids is 1. The second kappa shape index (κ2) is 10.4. The molecule has 0 aliphatic carbocycles. The Kier molecular flexibility index (Phi) is 7.15. The van der Waals surface area contributed by atoms with Crippen molar-refractivity contribution in [1.82, 2.24) is 19.2 Å². The lowest BCUT2D eigenvalue weighted by atomic mass is 10.2. The summed E-state index contributed by atoms with van der Waals surface area (Å²) in [6.45, 7) is 0.401. The molecule has 4 rings (SSSR count). The van der Waals surface area contributed by atoms with Crippen LogP contribution in [0.4, 0.5) is 10.1 Å². The first-order valence-electron chi connectivity index (χ1n) is 10.6. The van der Waals surface area contributed by atoms with E-state index in [0.717, 1.165) is 11.3 Å². The molecule has 7 nitrogen and oxygen atoms in total. The van der Waals surface area contributed by atoms with Gasteiger partial charge in [0.05, 0.1) is 20.3 Å². The van der Waals surface area contributed by atoms with Crippen molar-refractivity contribution in [2.24, 2.45) is 0 Å². The van der Waals surface area contributed by atoms with Crippen molar-refractivity contribution in [3.63, 3.8) is 0 Å². The van der Waals surface area contributed by atoms with Crippen LogP contribution in [0.25, 0.3) is 17.1 Å². The average molecular weight is 478 g/mol. The molecule has 1 heterocycles. The number of anilines is 1. The molecule has 34 heavy (non-hydrogen) atoms. The molecule has 0 saturated heterocycles. The van der Waals surface area contributed by atoms with E-state index in [1.54, 1.807) is 23.7 Å². The van der Waals surface area contributed by atoms with Crippen LogP contribution in [0.2, 0.25) is 0 Å². The first-order valence-corrected chi connectivity index (χ1v) is 11.0. The zero-order valence-corrected chi connectivity index (χ0v) is 19.6. The minimum absolute atomic E-state index is 0.103. The van der Waals surface area contributed by atoms with Crippen molar-refractivity contribution in [2.45, 2.75) is 6.67 Å². The van der Waals surface area contributed by atoms with Crippen LogP contribution in [-0.2, 0) is 11.5 Å². The molecule has 0 saturated carbocycles. The molecule has 3 aromatic carbocycles. The first-order chi connectivity index (χ1) is 16.4. The second-order valence-corrected chi connectivity index (χ2v) is 8.08. The van der Waals surface area contributed by atoms with Crippen LogP contribution in [0.15, 0.2) is 78.9 Å². The molecule has 1 aromatic heterocycles. The first kappa shape index (κ1) is 23.3. The van der Waals surface area contributed by atoms with Crippen LogP contribution >= 0.6 is 12.2 Å². The van der Waals surface area contributed by atoms with Crippen molar-refractivity contribution in [2.75, 3.05) is 26.0 Å². The maximum absolute atomic E-state index is 13.1. The number of methoxy groups -OCH3 is 1. The molecular weight excluding hydrogens is 453 g/mol. The number of amides is 1. The predicted octanol–water partition coefficient (Wildman–Crippen LogP) is 4.75. The summed E-state index contributed by atoms with van der Waals surface area (Å²) in [7, 11) is 3.42. The highest BCUT2D eigenvalue weighted by Gasteiger charge is 2.17. The molecule has 0 atom stereocenters. The van der Waals surface area contributed by atoms with Gasteiger partial charge in [0.15, 0.2) is 5.82 Å². The number of hydrogen-bond acceptors (Lipinski definition) is 5. The van der Waals surface area contributed by atoms with E-state index in [0.29, 0.717) is 28.7 Å². The van der Waals surface area contributed by atoms with E-state index in [9.17, 15) is 9.18 Å². The second-order valence-electron chi connectivity index (χ2n) is 7.72. The van der Waals surface area contributed by atoms with Gasteiger partial charge in [-0.1, -0.05) is 30.3 Å². The van der Waals surface area contributed by atoms with Crippen LogP contribution in [0.1, 0.15) is 0 Å². The molecule has 0 spiro atoms. The highest BCUT2D eigenvalue weighted by atomic mass is 32.1. The topological polar surface area (TPSA) is 64.3 Å². The third-order valence-corrected chi connectivity index (χ3v) is 5.49. The number of hydrogen-bond donors (Lipinski definition) is 1. The fourth-order valence-electron chi connectivity index (χ4n) is 3.52. The Morgan fingerprint density at radius 2 is 1.82 bits per heavy atom. The van der Waals surface area contributed by atoms with Gasteiger partial charge in [0, 0.05) is 16.9 Å². The fraction of sp³-hybridized carbons (Fsp3) is 0.160. The van der Waals surface area contributed by atoms with E-state index < -0.39 is 0 Å². The SMILES string of the molecule is COc1cccc(-c2nn(CN(C)CC(=O)Nc3ccc(F)cc3)c(=S)n2-c2ccccc2)c1. The number of halogens is 1. The quantitative estimate of drug-likeness (QED) is 0.371. The highest BCUT2D eigenvalue weighted by Crippen LogP contribution is 2.26. The highest BCUT2D eigenvalue weighted by molar-refractivity contribution is 7.71. The van der Waals surface area contributed by atoms with Crippen molar-refractivity contribution in [1.29, 1.82) is 0 Å². The molecule has 0 aliphatic rings. The molecule has 0 unspecified atom stereocenters. The molecule has 0 fully saturated rings. The number of benzene rings is 3. The lowest BCUT2D eigenvalue weighted by Gasteiger charge is -2.16. The third-order valence-electron chi connectivity index (χ3n) is 5.10. The van der Waals surface area contributed by atoms with Gasteiger partial charge in [-0.25, -0.2) is 9.07 Å². The molecular formula is C25H24FN5O2S. The van der Waals surface area contributed by atoms with E-state index in [-0.39, 0.29) is 18.3 Å². The smallest absolute Gasteiger partial charge is 0.238 e. The maximum atomic E-state index is 13.1. The van der Waals surface area contributed by atoms with E-state index >= 15 is 0 Å². The minimum atomic E-state index is -0.356. The van der Waals surface area contributed by atoms with E-state index in [4.69, 9.17) is 22.1 Å². The summed E-state index contributed by atoms with van der Waals surface area (Å²) in [5.41, 5.74) is 2.27. The number of ether oxygens (including phenoxy) is 1. The van der Waals surface area contributed by atoms with Crippen LogP contribution in [0.3, 0.4) is 0 Å². The number of aromatic nitrogens is 3. The van der Waals surface area contributed by atoms with Gasteiger partial charge in [-0.2, -0.15) is 0 Å². The Bertz CT molecular complexity index is 1340. The summed E-state index contributed by atoms with van der Waals surface area (Å²) < 4.78 is 22.5. The van der Waals surface area contributed by atoms with E-state index in [1.807, 2.05) is 59.2 Å². The summed E-state index contributed by atoms with van der Waals surface area (Å²) in [6.07, 6.45) is 0. The predicted molar refractivity (Wildman–Crippen MR) is 132 cm³/mol. The van der Waals surface area contributed by atoms with Crippen LogP contribution < -0.4 is 10.1 Å². The van der Waals surface area contributed by atoms with Gasteiger partial charge in [-0.3, -0.25) is 14.3 Å². The van der Waals surface area contributed by atoms with Gasteiger partial charge in [0.2, 0.25) is 10.7 Å². The van der Waals surface area contributed by atoms with E-state index in [2.05, 4.69) is 5.32 Å². The average Bonchev–Trinajstić information content (AvgIpc) is 3.16. The molecule has 9 heteroatoms.